The first-order chi connectivity index (χ1) is 8.26. The van der Waals surface area contributed by atoms with Crippen LogP contribution in [0.15, 0.2) is 28.7 Å². The number of benzene rings is 1. The van der Waals surface area contributed by atoms with Crippen molar-refractivity contribution in [3.8, 4) is 5.69 Å². The molecule has 4 nitrogen and oxygen atoms in total. The van der Waals surface area contributed by atoms with Crippen LogP contribution >= 0.6 is 15.9 Å². The van der Waals surface area contributed by atoms with Gasteiger partial charge in [0.05, 0.1) is 17.1 Å². The van der Waals surface area contributed by atoms with Gasteiger partial charge in [-0.1, -0.05) is 34.5 Å². The van der Waals surface area contributed by atoms with Gasteiger partial charge in [-0.15, -0.1) is 5.10 Å². The van der Waals surface area contributed by atoms with E-state index >= 15 is 0 Å². The number of aromatic nitrogens is 3. The standard InChI is InChI=1S/C12H15BrN4/c1-2-3-12-11(8-14)15-16-17(12)10-6-4-9(13)5-7-10/h4-7H,2-3,8,14H2,1H3. The lowest BCUT2D eigenvalue weighted by Crippen LogP contribution is -2.05. The average Bonchev–Trinajstić information content (AvgIpc) is 2.74. The van der Waals surface area contributed by atoms with Crippen LogP contribution in [-0.4, -0.2) is 15.0 Å². The molecule has 0 aliphatic heterocycles. The van der Waals surface area contributed by atoms with E-state index in [1.165, 1.54) is 0 Å². The van der Waals surface area contributed by atoms with E-state index in [9.17, 15) is 0 Å². The maximum Gasteiger partial charge on any atom is 0.0999 e. The molecule has 0 bridgehead atoms. The summed E-state index contributed by atoms with van der Waals surface area (Å²) in [6, 6.07) is 8.01. The number of hydrogen-bond donors (Lipinski definition) is 1. The predicted molar refractivity (Wildman–Crippen MR) is 70.9 cm³/mol. The summed E-state index contributed by atoms with van der Waals surface area (Å²) < 4.78 is 2.93. The second-order valence-electron chi connectivity index (χ2n) is 3.83. The van der Waals surface area contributed by atoms with Crippen molar-refractivity contribution in [1.29, 1.82) is 0 Å². The molecule has 2 N–H and O–H groups in total. The Labute approximate surface area is 109 Å². The van der Waals surface area contributed by atoms with Crippen molar-refractivity contribution in [1.82, 2.24) is 15.0 Å². The van der Waals surface area contributed by atoms with E-state index in [0.717, 1.165) is 34.4 Å². The van der Waals surface area contributed by atoms with E-state index < -0.39 is 0 Å². The molecule has 0 saturated carbocycles. The first-order valence-electron chi connectivity index (χ1n) is 5.65. The first-order valence-corrected chi connectivity index (χ1v) is 6.45. The third-order valence-electron chi connectivity index (χ3n) is 2.60. The van der Waals surface area contributed by atoms with E-state index in [1.807, 2.05) is 28.9 Å². The van der Waals surface area contributed by atoms with Crippen LogP contribution in [-0.2, 0) is 13.0 Å². The van der Waals surface area contributed by atoms with Crippen molar-refractivity contribution in [3.63, 3.8) is 0 Å². The van der Waals surface area contributed by atoms with Gasteiger partial charge in [-0.3, -0.25) is 0 Å². The number of rotatable bonds is 4. The Hall–Kier alpha value is -1.20. The van der Waals surface area contributed by atoms with Gasteiger partial charge in [0.25, 0.3) is 0 Å². The summed E-state index contributed by atoms with van der Waals surface area (Å²) in [5, 5.41) is 8.31. The van der Waals surface area contributed by atoms with Gasteiger partial charge in [-0.2, -0.15) is 0 Å². The largest absolute Gasteiger partial charge is 0.325 e. The van der Waals surface area contributed by atoms with Crippen molar-refractivity contribution in [3.05, 3.63) is 40.1 Å². The molecular weight excluding hydrogens is 280 g/mol. The van der Waals surface area contributed by atoms with Crippen molar-refractivity contribution in [2.45, 2.75) is 26.3 Å². The SMILES string of the molecule is CCCc1c(CN)nnn1-c1ccc(Br)cc1. The summed E-state index contributed by atoms with van der Waals surface area (Å²) in [5.74, 6) is 0. The fourth-order valence-electron chi connectivity index (χ4n) is 1.77. The molecule has 0 spiro atoms. The summed E-state index contributed by atoms with van der Waals surface area (Å²) in [4.78, 5) is 0. The Morgan fingerprint density at radius 2 is 2.00 bits per heavy atom. The molecule has 0 aliphatic carbocycles. The highest BCUT2D eigenvalue weighted by Gasteiger charge is 2.11. The van der Waals surface area contributed by atoms with Crippen LogP contribution < -0.4 is 5.73 Å². The van der Waals surface area contributed by atoms with Crippen LogP contribution in [0, 0.1) is 0 Å². The number of halogens is 1. The van der Waals surface area contributed by atoms with E-state index in [4.69, 9.17) is 5.73 Å². The minimum atomic E-state index is 0.436. The smallest absolute Gasteiger partial charge is 0.0999 e. The first kappa shape index (κ1) is 12.3. The molecule has 5 heteroatoms. The summed E-state index contributed by atoms with van der Waals surface area (Å²) in [5.41, 5.74) is 8.68. The Morgan fingerprint density at radius 3 is 2.59 bits per heavy atom. The minimum absolute atomic E-state index is 0.436. The monoisotopic (exact) mass is 294 g/mol. The highest BCUT2D eigenvalue weighted by atomic mass is 79.9. The predicted octanol–water partition coefficient (Wildman–Crippen LogP) is 2.44. The molecule has 90 valence electrons. The zero-order valence-corrected chi connectivity index (χ0v) is 11.3. The van der Waals surface area contributed by atoms with Crippen LogP contribution in [0.25, 0.3) is 5.69 Å². The highest BCUT2D eigenvalue weighted by molar-refractivity contribution is 9.10. The van der Waals surface area contributed by atoms with Crippen molar-refractivity contribution < 1.29 is 0 Å². The molecule has 0 unspecified atom stereocenters. The van der Waals surface area contributed by atoms with Crippen LogP contribution in [0.3, 0.4) is 0 Å². The molecule has 2 aromatic rings. The van der Waals surface area contributed by atoms with Gasteiger partial charge in [0.2, 0.25) is 0 Å². The van der Waals surface area contributed by atoms with E-state index in [-0.39, 0.29) is 0 Å². The lowest BCUT2D eigenvalue weighted by atomic mass is 10.2. The third-order valence-corrected chi connectivity index (χ3v) is 3.12. The molecule has 1 heterocycles. The average molecular weight is 295 g/mol. The summed E-state index contributed by atoms with van der Waals surface area (Å²) in [6.45, 7) is 2.57. The summed E-state index contributed by atoms with van der Waals surface area (Å²) in [6.07, 6.45) is 1.99. The normalized spacial score (nSPS) is 10.8. The van der Waals surface area contributed by atoms with Crippen LogP contribution in [0.2, 0.25) is 0 Å². The molecule has 1 aromatic carbocycles. The zero-order chi connectivity index (χ0) is 12.3. The highest BCUT2D eigenvalue weighted by Crippen LogP contribution is 2.17. The van der Waals surface area contributed by atoms with Crippen LogP contribution in [0.4, 0.5) is 0 Å². The number of nitrogens with two attached hydrogens (primary N) is 1. The topological polar surface area (TPSA) is 56.7 Å². The van der Waals surface area contributed by atoms with Gasteiger partial charge < -0.3 is 5.73 Å². The quantitative estimate of drug-likeness (QED) is 0.942. The summed E-state index contributed by atoms with van der Waals surface area (Å²) >= 11 is 3.42. The molecule has 0 radical (unpaired) electrons. The molecule has 17 heavy (non-hydrogen) atoms. The maximum absolute atomic E-state index is 5.67. The second-order valence-corrected chi connectivity index (χ2v) is 4.74. The Bertz CT molecular complexity index is 490. The molecule has 0 amide bonds. The van der Waals surface area contributed by atoms with Crippen molar-refractivity contribution in [2.24, 2.45) is 5.73 Å². The number of nitrogens with zero attached hydrogens (tertiary/aromatic N) is 3. The van der Waals surface area contributed by atoms with Crippen LogP contribution in [0.1, 0.15) is 24.7 Å². The maximum atomic E-state index is 5.67. The van der Waals surface area contributed by atoms with Gasteiger partial charge in [-0.25, -0.2) is 4.68 Å². The van der Waals surface area contributed by atoms with Crippen molar-refractivity contribution in [2.75, 3.05) is 0 Å². The molecule has 2 rings (SSSR count). The molecule has 0 aliphatic rings. The van der Waals surface area contributed by atoms with Gasteiger partial charge in [0.1, 0.15) is 0 Å². The lowest BCUT2D eigenvalue weighted by Gasteiger charge is -2.06. The minimum Gasteiger partial charge on any atom is -0.325 e. The fraction of sp³-hybridized carbons (Fsp3) is 0.333. The Kier molecular flexibility index (Phi) is 3.91. The van der Waals surface area contributed by atoms with Crippen LogP contribution in [0.5, 0.6) is 0 Å². The van der Waals surface area contributed by atoms with E-state index in [1.54, 1.807) is 0 Å². The third kappa shape index (κ3) is 2.56. The zero-order valence-electron chi connectivity index (χ0n) is 9.73. The van der Waals surface area contributed by atoms with Gasteiger partial charge in [0.15, 0.2) is 0 Å². The van der Waals surface area contributed by atoms with Gasteiger partial charge in [0, 0.05) is 11.0 Å². The van der Waals surface area contributed by atoms with E-state index in [2.05, 4.69) is 33.2 Å². The molecular formula is C12H15BrN4. The van der Waals surface area contributed by atoms with Crippen molar-refractivity contribution >= 4 is 15.9 Å². The number of hydrogen-bond acceptors (Lipinski definition) is 3. The fourth-order valence-corrected chi connectivity index (χ4v) is 2.03. The van der Waals surface area contributed by atoms with Gasteiger partial charge >= 0.3 is 0 Å². The van der Waals surface area contributed by atoms with Gasteiger partial charge in [-0.05, 0) is 30.7 Å². The molecule has 1 aromatic heterocycles. The molecule has 0 saturated heterocycles. The Morgan fingerprint density at radius 1 is 1.29 bits per heavy atom. The Balaban J connectivity index is 2.43. The summed E-state index contributed by atoms with van der Waals surface area (Å²) in [7, 11) is 0. The lowest BCUT2D eigenvalue weighted by molar-refractivity contribution is 0.745. The molecule has 0 atom stereocenters. The molecule has 0 fully saturated rings. The second kappa shape index (κ2) is 5.42. The van der Waals surface area contributed by atoms with E-state index in [0.29, 0.717) is 6.54 Å².